The van der Waals surface area contributed by atoms with Gasteiger partial charge >= 0.3 is 5.97 Å². The molecule has 0 spiro atoms. The maximum Gasteiger partial charge on any atom is 0.322 e. The lowest BCUT2D eigenvalue weighted by Gasteiger charge is -2.14. The normalized spacial score (nSPS) is 11.8. The molecule has 8 heteroatoms. The number of methoxy groups -OCH3 is 1. The molecular formula is C12H15BrN2O5. The molecule has 1 N–H and O–H groups in total. The highest BCUT2D eigenvalue weighted by Crippen LogP contribution is 2.33. The Balaban J connectivity index is 2.64. The van der Waals surface area contributed by atoms with Gasteiger partial charge in [-0.1, -0.05) is 6.07 Å². The fraction of sp³-hybridized carbons (Fsp3) is 0.417. The van der Waals surface area contributed by atoms with Gasteiger partial charge in [0.1, 0.15) is 16.3 Å². The average molecular weight is 347 g/mol. The number of likely N-dealkylation sites (N-methyl/N-ethyl adjacent to an activating group) is 1. The number of nitro benzene ring substituents is 1. The van der Waals surface area contributed by atoms with Gasteiger partial charge in [0.2, 0.25) is 0 Å². The number of rotatable bonds is 7. The Labute approximate surface area is 124 Å². The van der Waals surface area contributed by atoms with Crippen molar-refractivity contribution in [3.63, 3.8) is 0 Å². The van der Waals surface area contributed by atoms with Gasteiger partial charge in [0, 0.05) is 12.5 Å². The summed E-state index contributed by atoms with van der Waals surface area (Å²) in [6.07, 6.45) is 0.387. The highest BCUT2D eigenvalue weighted by Gasteiger charge is 2.18. The second kappa shape index (κ2) is 7.81. The highest BCUT2D eigenvalue weighted by molar-refractivity contribution is 9.10. The fourth-order valence-corrected chi connectivity index (χ4v) is 2.08. The third-order valence-corrected chi connectivity index (χ3v) is 3.43. The van der Waals surface area contributed by atoms with Crippen LogP contribution in [0.4, 0.5) is 5.69 Å². The van der Waals surface area contributed by atoms with E-state index in [9.17, 15) is 14.9 Å². The summed E-state index contributed by atoms with van der Waals surface area (Å²) in [6, 6.07) is 4.05. The Hall–Kier alpha value is -1.67. The van der Waals surface area contributed by atoms with E-state index in [1.54, 1.807) is 13.1 Å². The Morgan fingerprint density at radius 3 is 2.80 bits per heavy atom. The predicted molar refractivity (Wildman–Crippen MR) is 75.8 cm³/mol. The highest BCUT2D eigenvalue weighted by atomic mass is 79.9. The summed E-state index contributed by atoms with van der Waals surface area (Å²) in [4.78, 5) is 21.6. The van der Waals surface area contributed by atoms with Gasteiger partial charge < -0.3 is 14.8 Å². The van der Waals surface area contributed by atoms with Crippen LogP contribution in [0.15, 0.2) is 22.7 Å². The standard InChI is InChI=1S/C12H15BrN2O5/c1-14-8(12(16)19-2)6-7-20-10-5-3-4-9(11(10)13)15(17)18/h3-5,8,14H,6-7H2,1-2H3. The van der Waals surface area contributed by atoms with E-state index in [0.717, 1.165) is 0 Å². The molecule has 0 fully saturated rings. The van der Waals surface area contributed by atoms with E-state index in [4.69, 9.17) is 4.74 Å². The molecule has 1 aromatic carbocycles. The van der Waals surface area contributed by atoms with Crippen LogP contribution in [-0.2, 0) is 9.53 Å². The summed E-state index contributed by atoms with van der Waals surface area (Å²) in [6.45, 7) is 0.223. The first-order chi connectivity index (χ1) is 9.51. The maximum atomic E-state index is 11.4. The summed E-state index contributed by atoms with van der Waals surface area (Å²) < 4.78 is 10.4. The van der Waals surface area contributed by atoms with Crippen LogP contribution in [0.2, 0.25) is 0 Å². The van der Waals surface area contributed by atoms with E-state index < -0.39 is 11.0 Å². The van der Waals surface area contributed by atoms with Crippen LogP contribution in [0.1, 0.15) is 6.42 Å². The van der Waals surface area contributed by atoms with Crippen LogP contribution in [-0.4, -0.2) is 37.7 Å². The van der Waals surface area contributed by atoms with Gasteiger partial charge in [-0.2, -0.15) is 0 Å². The Kier molecular flexibility index (Phi) is 6.40. The zero-order valence-electron chi connectivity index (χ0n) is 11.1. The largest absolute Gasteiger partial charge is 0.492 e. The third-order valence-electron chi connectivity index (χ3n) is 2.64. The molecule has 7 nitrogen and oxygen atoms in total. The number of ether oxygens (including phenoxy) is 2. The Morgan fingerprint density at radius 2 is 2.25 bits per heavy atom. The van der Waals surface area contributed by atoms with Crippen LogP contribution < -0.4 is 10.1 Å². The van der Waals surface area contributed by atoms with Gasteiger partial charge in [-0.15, -0.1) is 0 Å². The summed E-state index contributed by atoms with van der Waals surface area (Å²) >= 11 is 3.13. The van der Waals surface area contributed by atoms with Gasteiger partial charge in [0.25, 0.3) is 5.69 Å². The van der Waals surface area contributed by atoms with E-state index in [-0.39, 0.29) is 22.7 Å². The average Bonchev–Trinajstić information content (AvgIpc) is 2.44. The molecule has 0 radical (unpaired) electrons. The number of nitrogens with zero attached hydrogens (tertiary/aromatic N) is 1. The van der Waals surface area contributed by atoms with E-state index in [1.807, 2.05) is 0 Å². The van der Waals surface area contributed by atoms with Crippen LogP contribution >= 0.6 is 15.9 Å². The second-order valence-corrected chi connectivity index (χ2v) is 4.64. The first kappa shape index (κ1) is 16.4. The van der Waals surface area contributed by atoms with Crippen molar-refractivity contribution in [2.24, 2.45) is 0 Å². The SMILES string of the molecule is CNC(CCOc1cccc([N+](=O)[O-])c1Br)C(=O)OC. The topological polar surface area (TPSA) is 90.7 Å². The quantitative estimate of drug-likeness (QED) is 0.460. The minimum Gasteiger partial charge on any atom is -0.492 e. The molecule has 0 aliphatic rings. The molecule has 110 valence electrons. The summed E-state index contributed by atoms with van der Waals surface area (Å²) in [5, 5.41) is 13.6. The van der Waals surface area contributed by atoms with Gasteiger partial charge in [-0.25, -0.2) is 0 Å². The van der Waals surface area contributed by atoms with E-state index in [2.05, 4.69) is 26.0 Å². The number of nitrogens with one attached hydrogen (secondary N) is 1. The predicted octanol–water partition coefficient (Wildman–Crippen LogP) is 1.89. The maximum absolute atomic E-state index is 11.4. The number of carbonyl (C=O) groups excluding carboxylic acids is 1. The summed E-state index contributed by atoms with van der Waals surface area (Å²) in [7, 11) is 2.95. The van der Waals surface area contributed by atoms with Gasteiger partial charge in [0.05, 0.1) is 18.6 Å². The monoisotopic (exact) mass is 346 g/mol. The molecule has 1 atom stereocenters. The summed E-state index contributed by atoms with van der Waals surface area (Å²) in [5.41, 5.74) is -0.0689. The van der Waals surface area contributed by atoms with Crippen LogP contribution in [0.5, 0.6) is 5.75 Å². The molecule has 0 saturated carbocycles. The number of hydrogen-bond donors (Lipinski definition) is 1. The van der Waals surface area contributed by atoms with Gasteiger partial charge in [-0.3, -0.25) is 14.9 Å². The lowest BCUT2D eigenvalue weighted by Crippen LogP contribution is -2.36. The molecule has 0 amide bonds. The van der Waals surface area contributed by atoms with Crippen molar-refractivity contribution in [2.45, 2.75) is 12.5 Å². The van der Waals surface area contributed by atoms with Crippen molar-refractivity contribution in [1.82, 2.24) is 5.32 Å². The van der Waals surface area contributed by atoms with Crippen molar-refractivity contribution >= 4 is 27.6 Å². The van der Waals surface area contributed by atoms with Crippen molar-refractivity contribution in [3.8, 4) is 5.75 Å². The van der Waals surface area contributed by atoms with Crippen LogP contribution in [0, 0.1) is 10.1 Å². The second-order valence-electron chi connectivity index (χ2n) is 3.85. The van der Waals surface area contributed by atoms with E-state index >= 15 is 0 Å². The summed E-state index contributed by atoms with van der Waals surface area (Å²) in [5.74, 6) is -0.0203. The van der Waals surface area contributed by atoms with E-state index in [1.165, 1.54) is 19.2 Å². The minimum absolute atomic E-state index is 0.0689. The molecule has 1 rings (SSSR count). The fourth-order valence-electron chi connectivity index (χ4n) is 1.56. The van der Waals surface area contributed by atoms with Crippen molar-refractivity contribution < 1.29 is 19.2 Å². The molecule has 0 heterocycles. The number of esters is 1. The molecule has 0 aromatic heterocycles. The Morgan fingerprint density at radius 1 is 1.55 bits per heavy atom. The van der Waals surface area contributed by atoms with Gasteiger partial charge in [0.15, 0.2) is 0 Å². The molecule has 20 heavy (non-hydrogen) atoms. The number of halogens is 1. The molecule has 0 aliphatic heterocycles. The number of benzene rings is 1. The van der Waals surface area contributed by atoms with Crippen molar-refractivity contribution in [1.29, 1.82) is 0 Å². The molecule has 0 saturated heterocycles. The third kappa shape index (κ3) is 4.17. The van der Waals surface area contributed by atoms with Crippen LogP contribution in [0.25, 0.3) is 0 Å². The van der Waals surface area contributed by atoms with Crippen molar-refractivity contribution in [3.05, 3.63) is 32.8 Å². The molecule has 1 unspecified atom stereocenters. The van der Waals surface area contributed by atoms with Crippen LogP contribution in [0.3, 0.4) is 0 Å². The van der Waals surface area contributed by atoms with E-state index in [0.29, 0.717) is 12.2 Å². The number of hydrogen-bond acceptors (Lipinski definition) is 6. The molecular weight excluding hydrogens is 332 g/mol. The molecule has 0 aliphatic carbocycles. The molecule has 1 aromatic rings. The Bertz CT molecular complexity index is 495. The molecule has 0 bridgehead atoms. The zero-order chi connectivity index (χ0) is 15.1. The smallest absolute Gasteiger partial charge is 0.322 e. The lowest BCUT2D eigenvalue weighted by atomic mass is 10.2. The van der Waals surface area contributed by atoms with Gasteiger partial charge in [-0.05, 0) is 29.0 Å². The first-order valence-electron chi connectivity index (χ1n) is 5.82. The van der Waals surface area contributed by atoms with Crippen molar-refractivity contribution in [2.75, 3.05) is 20.8 Å². The minimum atomic E-state index is -0.498. The first-order valence-corrected chi connectivity index (χ1v) is 6.61. The lowest BCUT2D eigenvalue weighted by molar-refractivity contribution is -0.385. The zero-order valence-corrected chi connectivity index (χ0v) is 12.7. The number of nitro groups is 1. The number of carbonyl (C=O) groups is 1.